The Morgan fingerprint density at radius 3 is 2.39 bits per heavy atom. The van der Waals surface area contributed by atoms with Gasteiger partial charge in [-0.15, -0.1) is 0 Å². The molecule has 0 aliphatic carbocycles. The minimum atomic E-state index is -0.522. The van der Waals surface area contributed by atoms with Crippen molar-refractivity contribution >= 4 is 5.95 Å². The van der Waals surface area contributed by atoms with Crippen molar-refractivity contribution in [3.05, 3.63) is 12.4 Å². The van der Waals surface area contributed by atoms with Crippen molar-refractivity contribution in [2.24, 2.45) is 0 Å². The lowest BCUT2D eigenvalue weighted by atomic mass is 10.3. The number of hydrogen-bond acceptors (Lipinski definition) is 6. The van der Waals surface area contributed by atoms with Gasteiger partial charge in [0.25, 0.3) is 0 Å². The first kappa shape index (κ1) is 14.7. The normalized spacial score (nSPS) is 11.5. The fraction of sp³-hybridized carbons (Fsp3) is 0.667. The summed E-state index contributed by atoms with van der Waals surface area (Å²) in [6.45, 7) is 5.01. The summed E-state index contributed by atoms with van der Waals surface area (Å²) in [7, 11) is 1.63. The molecule has 6 nitrogen and oxygen atoms in total. The van der Waals surface area contributed by atoms with Gasteiger partial charge in [0.1, 0.15) is 0 Å². The molecule has 6 heteroatoms. The molecule has 0 unspecified atom stereocenters. The third kappa shape index (κ3) is 5.79. The van der Waals surface area contributed by atoms with E-state index in [0.29, 0.717) is 19.0 Å². The topological polar surface area (TPSA) is 79.5 Å². The van der Waals surface area contributed by atoms with E-state index < -0.39 is 5.79 Å². The van der Waals surface area contributed by atoms with Gasteiger partial charge in [-0.3, -0.25) is 0 Å². The molecule has 1 aromatic rings. The van der Waals surface area contributed by atoms with Crippen LogP contribution in [0, 0.1) is 0 Å². The van der Waals surface area contributed by atoms with Crippen molar-refractivity contribution in [2.45, 2.75) is 32.5 Å². The Balaban J connectivity index is 2.07. The van der Waals surface area contributed by atoms with Crippen molar-refractivity contribution in [1.29, 1.82) is 0 Å². The van der Waals surface area contributed by atoms with E-state index in [0.717, 1.165) is 12.8 Å². The summed E-state index contributed by atoms with van der Waals surface area (Å²) in [5.74, 6) is 0.353. The summed E-state index contributed by atoms with van der Waals surface area (Å²) in [5.41, 5.74) is 5.37. The minimum Gasteiger partial charge on any atom is -0.490 e. The molecule has 1 aromatic heterocycles. The zero-order valence-corrected chi connectivity index (χ0v) is 11.2. The number of rotatable bonds is 8. The molecule has 0 atom stereocenters. The maximum atomic E-state index is 5.53. The van der Waals surface area contributed by atoms with Gasteiger partial charge in [0.2, 0.25) is 5.95 Å². The fourth-order valence-corrected chi connectivity index (χ4v) is 1.17. The van der Waals surface area contributed by atoms with Crippen LogP contribution in [0.25, 0.3) is 0 Å². The van der Waals surface area contributed by atoms with Crippen molar-refractivity contribution in [1.82, 2.24) is 9.97 Å². The van der Waals surface area contributed by atoms with Gasteiger partial charge in [-0.2, -0.15) is 0 Å². The van der Waals surface area contributed by atoms with E-state index in [1.54, 1.807) is 19.5 Å². The molecule has 0 bridgehead atoms. The van der Waals surface area contributed by atoms with Crippen LogP contribution in [-0.2, 0) is 9.47 Å². The smallest absolute Gasteiger partial charge is 0.220 e. The SMILES string of the molecule is COC(C)(C)OCCCCOc1cnc(N)nc1. The van der Waals surface area contributed by atoms with Crippen molar-refractivity contribution in [2.75, 3.05) is 26.1 Å². The third-order valence-corrected chi connectivity index (χ3v) is 2.40. The Morgan fingerprint density at radius 1 is 1.17 bits per heavy atom. The molecule has 1 rings (SSSR count). The van der Waals surface area contributed by atoms with E-state index in [-0.39, 0.29) is 5.95 Å². The lowest BCUT2D eigenvalue weighted by molar-refractivity contribution is -0.197. The average molecular weight is 255 g/mol. The highest BCUT2D eigenvalue weighted by Gasteiger charge is 2.15. The van der Waals surface area contributed by atoms with Gasteiger partial charge >= 0.3 is 0 Å². The summed E-state index contributed by atoms with van der Waals surface area (Å²) < 4.78 is 16.1. The van der Waals surface area contributed by atoms with E-state index in [1.165, 1.54) is 0 Å². The monoisotopic (exact) mass is 255 g/mol. The molecule has 0 aromatic carbocycles. The van der Waals surface area contributed by atoms with Crippen LogP contribution in [0.2, 0.25) is 0 Å². The predicted molar refractivity (Wildman–Crippen MR) is 68.2 cm³/mol. The number of nitrogens with two attached hydrogens (primary N) is 1. The highest BCUT2D eigenvalue weighted by Crippen LogP contribution is 2.11. The van der Waals surface area contributed by atoms with E-state index >= 15 is 0 Å². The van der Waals surface area contributed by atoms with E-state index in [1.807, 2.05) is 13.8 Å². The summed E-state index contributed by atoms with van der Waals surface area (Å²) in [6.07, 6.45) is 4.92. The van der Waals surface area contributed by atoms with Crippen LogP contribution in [-0.4, -0.2) is 36.1 Å². The van der Waals surface area contributed by atoms with Crippen LogP contribution in [0.4, 0.5) is 5.95 Å². The lowest BCUT2D eigenvalue weighted by Gasteiger charge is -2.23. The average Bonchev–Trinajstić information content (AvgIpc) is 2.36. The maximum absolute atomic E-state index is 5.53. The molecule has 0 spiro atoms. The van der Waals surface area contributed by atoms with Gasteiger partial charge in [0.05, 0.1) is 25.6 Å². The van der Waals surface area contributed by atoms with Crippen molar-refractivity contribution in [3.63, 3.8) is 0 Å². The van der Waals surface area contributed by atoms with E-state index in [2.05, 4.69) is 9.97 Å². The van der Waals surface area contributed by atoms with Gasteiger partial charge in [-0.05, 0) is 26.7 Å². The van der Waals surface area contributed by atoms with Crippen LogP contribution < -0.4 is 10.5 Å². The van der Waals surface area contributed by atoms with Gasteiger partial charge in [-0.1, -0.05) is 0 Å². The Morgan fingerprint density at radius 2 is 1.78 bits per heavy atom. The van der Waals surface area contributed by atoms with E-state index in [4.69, 9.17) is 19.9 Å². The fourth-order valence-electron chi connectivity index (χ4n) is 1.17. The molecule has 0 saturated carbocycles. The molecule has 2 N–H and O–H groups in total. The van der Waals surface area contributed by atoms with Crippen LogP contribution >= 0.6 is 0 Å². The number of unbranched alkanes of at least 4 members (excludes halogenated alkanes) is 1. The summed E-state index contributed by atoms with van der Waals surface area (Å²) in [4.78, 5) is 7.68. The van der Waals surface area contributed by atoms with Gasteiger partial charge in [0.15, 0.2) is 11.5 Å². The number of nitrogen functional groups attached to an aromatic ring is 1. The van der Waals surface area contributed by atoms with Crippen LogP contribution in [0.15, 0.2) is 12.4 Å². The molecule has 18 heavy (non-hydrogen) atoms. The summed E-state index contributed by atoms with van der Waals surface area (Å²) in [5, 5.41) is 0. The Labute approximate surface area is 107 Å². The highest BCUT2D eigenvalue weighted by molar-refractivity contribution is 5.20. The molecule has 0 amide bonds. The largest absolute Gasteiger partial charge is 0.490 e. The maximum Gasteiger partial charge on any atom is 0.220 e. The standard InChI is InChI=1S/C12H21N3O3/c1-12(2,16-3)18-7-5-4-6-17-10-8-14-11(13)15-9-10/h8-9H,4-7H2,1-3H3,(H2,13,14,15). The predicted octanol–water partition coefficient (Wildman–Crippen LogP) is 1.62. The molecule has 0 aliphatic heterocycles. The van der Waals surface area contributed by atoms with Gasteiger partial charge < -0.3 is 19.9 Å². The molecule has 0 saturated heterocycles. The van der Waals surface area contributed by atoms with E-state index in [9.17, 15) is 0 Å². The first-order chi connectivity index (χ1) is 8.53. The number of nitrogens with zero attached hydrogens (tertiary/aromatic N) is 2. The number of methoxy groups -OCH3 is 1. The lowest BCUT2D eigenvalue weighted by Crippen LogP contribution is -2.27. The van der Waals surface area contributed by atoms with Crippen molar-refractivity contribution in [3.8, 4) is 5.75 Å². The first-order valence-electron chi connectivity index (χ1n) is 5.93. The summed E-state index contributed by atoms with van der Waals surface area (Å²) in [6, 6.07) is 0. The third-order valence-electron chi connectivity index (χ3n) is 2.40. The second-order valence-electron chi connectivity index (χ2n) is 4.28. The second kappa shape index (κ2) is 7.13. The number of hydrogen-bond donors (Lipinski definition) is 1. The number of anilines is 1. The molecule has 0 fully saturated rings. The molecule has 0 radical (unpaired) electrons. The first-order valence-corrected chi connectivity index (χ1v) is 5.93. The zero-order chi connectivity index (χ0) is 13.4. The summed E-state index contributed by atoms with van der Waals surface area (Å²) >= 11 is 0. The van der Waals surface area contributed by atoms with Crippen LogP contribution in [0.3, 0.4) is 0 Å². The zero-order valence-electron chi connectivity index (χ0n) is 11.2. The Kier molecular flexibility index (Phi) is 5.80. The highest BCUT2D eigenvalue weighted by atomic mass is 16.7. The molecular formula is C12H21N3O3. The van der Waals surface area contributed by atoms with Gasteiger partial charge in [-0.25, -0.2) is 9.97 Å². The van der Waals surface area contributed by atoms with Crippen LogP contribution in [0.1, 0.15) is 26.7 Å². The van der Waals surface area contributed by atoms with Crippen molar-refractivity contribution < 1.29 is 14.2 Å². The number of ether oxygens (including phenoxy) is 3. The Hall–Kier alpha value is -1.40. The number of aromatic nitrogens is 2. The minimum absolute atomic E-state index is 0.248. The molecule has 102 valence electrons. The van der Waals surface area contributed by atoms with Gasteiger partial charge in [0, 0.05) is 7.11 Å². The molecule has 0 aliphatic rings. The quantitative estimate of drug-likeness (QED) is 0.561. The second-order valence-corrected chi connectivity index (χ2v) is 4.28. The Bertz CT molecular complexity index is 341. The molecular weight excluding hydrogens is 234 g/mol. The molecule has 1 heterocycles. The van der Waals surface area contributed by atoms with Crippen LogP contribution in [0.5, 0.6) is 5.75 Å².